The summed E-state index contributed by atoms with van der Waals surface area (Å²) in [6, 6.07) is 0. The Morgan fingerprint density at radius 3 is 2.47 bits per heavy atom. The molecule has 1 rings (SSSR count). The molecule has 1 heteroatoms. The molecule has 15 heavy (non-hydrogen) atoms. The third-order valence-corrected chi connectivity index (χ3v) is 4.26. The van der Waals surface area contributed by atoms with Gasteiger partial charge in [-0.05, 0) is 46.5 Å². The van der Waals surface area contributed by atoms with Gasteiger partial charge >= 0.3 is 0 Å². The van der Waals surface area contributed by atoms with Crippen LogP contribution in [-0.4, -0.2) is 11.2 Å². The van der Waals surface area contributed by atoms with Gasteiger partial charge in [-0.3, -0.25) is 0 Å². The molecule has 1 aliphatic carbocycles. The fourth-order valence-corrected chi connectivity index (χ4v) is 2.72. The molecule has 1 N–H and O–H groups in total. The van der Waals surface area contributed by atoms with Gasteiger partial charge in [-0.15, -0.1) is 0 Å². The lowest BCUT2D eigenvalue weighted by Gasteiger charge is -2.41. The van der Waals surface area contributed by atoms with E-state index in [9.17, 15) is 5.11 Å². The summed E-state index contributed by atoms with van der Waals surface area (Å²) >= 11 is 0. The lowest BCUT2D eigenvalue weighted by atomic mass is 9.66. The number of aliphatic hydroxyl groups is 1. The molecule has 1 aliphatic rings. The van der Waals surface area contributed by atoms with Crippen molar-refractivity contribution in [3.8, 4) is 0 Å². The summed E-state index contributed by atoms with van der Waals surface area (Å²) in [5, 5.41) is 10.0. The Morgan fingerprint density at radius 2 is 2.00 bits per heavy atom. The van der Waals surface area contributed by atoms with Crippen LogP contribution in [0.1, 0.15) is 66.2 Å². The van der Waals surface area contributed by atoms with Gasteiger partial charge in [-0.1, -0.05) is 30.9 Å². The summed E-state index contributed by atoms with van der Waals surface area (Å²) < 4.78 is 0. The summed E-state index contributed by atoms with van der Waals surface area (Å²) in [5.74, 6) is 0. The molecule has 0 fully saturated rings. The van der Waals surface area contributed by atoms with Gasteiger partial charge in [-0.2, -0.15) is 0 Å². The van der Waals surface area contributed by atoms with Crippen LogP contribution in [0.25, 0.3) is 0 Å². The van der Waals surface area contributed by atoms with Crippen LogP contribution in [-0.2, 0) is 0 Å². The van der Waals surface area contributed by atoms with Crippen LogP contribution < -0.4 is 0 Å². The highest BCUT2D eigenvalue weighted by Crippen LogP contribution is 2.45. The molecule has 0 aromatic carbocycles. The molecule has 2 atom stereocenters. The first-order chi connectivity index (χ1) is 7.02. The average molecular weight is 210 g/mol. The Balaban J connectivity index is 2.76. The SMILES string of the molecule is CCCCC1(C(C)O)CCC(C)=C(C)C1. The molecular formula is C14H26O. The summed E-state index contributed by atoms with van der Waals surface area (Å²) in [5.41, 5.74) is 3.24. The maximum Gasteiger partial charge on any atom is 0.0571 e. The third kappa shape index (κ3) is 2.84. The van der Waals surface area contributed by atoms with E-state index in [0.717, 1.165) is 6.42 Å². The topological polar surface area (TPSA) is 20.2 Å². The van der Waals surface area contributed by atoms with Crippen molar-refractivity contribution in [1.29, 1.82) is 0 Å². The smallest absolute Gasteiger partial charge is 0.0571 e. The fourth-order valence-electron chi connectivity index (χ4n) is 2.72. The van der Waals surface area contributed by atoms with Gasteiger partial charge in [0, 0.05) is 5.41 Å². The molecule has 1 nitrogen and oxygen atoms in total. The van der Waals surface area contributed by atoms with Crippen LogP contribution in [0, 0.1) is 5.41 Å². The first-order valence-corrected chi connectivity index (χ1v) is 6.35. The minimum atomic E-state index is -0.160. The largest absolute Gasteiger partial charge is 0.393 e. The maximum absolute atomic E-state index is 10.0. The van der Waals surface area contributed by atoms with E-state index < -0.39 is 0 Å². The number of unbranched alkanes of at least 4 members (excludes halogenated alkanes) is 1. The van der Waals surface area contributed by atoms with E-state index >= 15 is 0 Å². The molecule has 0 spiro atoms. The number of aliphatic hydroxyl groups excluding tert-OH is 1. The van der Waals surface area contributed by atoms with Crippen LogP contribution in [0.2, 0.25) is 0 Å². The number of hydrogen-bond acceptors (Lipinski definition) is 1. The molecule has 0 aromatic rings. The number of hydrogen-bond donors (Lipinski definition) is 1. The molecule has 0 aromatic heterocycles. The molecule has 88 valence electrons. The van der Waals surface area contributed by atoms with Gasteiger partial charge in [0.2, 0.25) is 0 Å². The van der Waals surface area contributed by atoms with Crippen molar-refractivity contribution in [2.45, 2.75) is 72.3 Å². The van der Waals surface area contributed by atoms with Crippen molar-refractivity contribution >= 4 is 0 Å². The van der Waals surface area contributed by atoms with Crippen molar-refractivity contribution in [1.82, 2.24) is 0 Å². The Labute approximate surface area is 94.6 Å². The summed E-state index contributed by atoms with van der Waals surface area (Å²) in [6.45, 7) is 8.68. The van der Waals surface area contributed by atoms with E-state index in [1.807, 2.05) is 6.92 Å². The van der Waals surface area contributed by atoms with Crippen LogP contribution in [0.4, 0.5) is 0 Å². The molecule has 0 radical (unpaired) electrons. The minimum absolute atomic E-state index is 0.160. The highest BCUT2D eigenvalue weighted by Gasteiger charge is 2.37. The molecule has 0 aliphatic heterocycles. The standard InChI is InChI=1S/C14H26O/c1-5-6-8-14(13(4)15)9-7-11(2)12(3)10-14/h13,15H,5-10H2,1-4H3. The summed E-state index contributed by atoms with van der Waals surface area (Å²) in [7, 11) is 0. The number of allylic oxidation sites excluding steroid dienone is 2. The van der Waals surface area contributed by atoms with Crippen molar-refractivity contribution < 1.29 is 5.11 Å². The van der Waals surface area contributed by atoms with Crippen LogP contribution in [0.3, 0.4) is 0 Å². The van der Waals surface area contributed by atoms with Gasteiger partial charge in [-0.25, -0.2) is 0 Å². The van der Waals surface area contributed by atoms with Crippen molar-refractivity contribution in [3.05, 3.63) is 11.1 Å². The van der Waals surface area contributed by atoms with Gasteiger partial charge in [0.15, 0.2) is 0 Å². The predicted octanol–water partition coefficient (Wildman–Crippen LogP) is 4.06. The monoisotopic (exact) mass is 210 g/mol. The van der Waals surface area contributed by atoms with E-state index in [4.69, 9.17) is 0 Å². The zero-order chi connectivity index (χ0) is 11.5. The normalized spacial score (nSPS) is 29.4. The highest BCUT2D eigenvalue weighted by atomic mass is 16.3. The van der Waals surface area contributed by atoms with Crippen LogP contribution >= 0.6 is 0 Å². The summed E-state index contributed by atoms with van der Waals surface area (Å²) in [6.07, 6.45) is 6.97. The zero-order valence-electron chi connectivity index (χ0n) is 10.8. The second kappa shape index (κ2) is 5.16. The van der Waals surface area contributed by atoms with Gasteiger partial charge in [0.05, 0.1) is 6.10 Å². The van der Waals surface area contributed by atoms with Crippen molar-refractivity contribution in [3.63, 3.8) is 0 Å². The summed E-state index contributed by atoms with van der Waals surface area (Å²) in [4.78, 5) is 0. The fraction of sp³-hybridized carbons (Fsp3) is 0.857. The molecule has 2 unspecified atom stereocenters. The van der Waals surface area contributed by atoms with Crippen molar-refractivity contribution in [2.24, 2.45) is 5.41 Å². The van der Waals surface area contributed by atoms with Crippen molar-refractivity contribution in [2.75, 3.05) is 0 Å². The molecule has 0 saturated carbocycles. The van der Waals surface area contributed by atoms with E-state index in [0.29, 0.717) is 0 Å². The molecular weight excluding hydrogens is 184 g/mol. The Kier molecular flexibility index (Phi) is 4.39. The molecule has 0 saturated heterocycles. The van der Waals surface area contributed by atoms with E-state index in [1.165, 1.54) is 37.7 Å². The second-order valence-electron chi connectivity index (χ2n) is 5.38. The Bertz CT molecular complexity index is 240. The van der Waals surface area contributed by atoms with E-state index in [1.54, 1.807) is 5.57 Å². The maximum atomic E-state index is 10.0. The van der Waals surface area contributed by atoms with Gasteiger partial charge < -0.3 is 5.11 Å². The molecule has 0 amide bonds. The average Bonchev–Trinajstić information content (AvgIpc) is 2.20. The lowest BCUT2D eigenvalue weighted by molar-refractivity contribution is 0.0184. The van der Waals surface area contributed by atoms with E-state index in [2.05, 4.69) is 20.8 Å². The first-order valence-electron chi connectivity index (χ1n) is 6.35. The van der Waals surface area contributed by atoms with Gasteiger partial charge in [0.1, 0.15) is 0 Å². The lowest BCUT2D eigenvalue weighted by Crippen LogP contribution is -2.35. The Hall–Kier alpha value is -0.300. The van der Waals surface area contributed by atoms with E-state index in [-0.39, 0.29) is 11.5 Å². The number of rotatable bonds is 4. The zero-order valence-corrected chi connectivity index (χ0v) is 10.8. The third-order valence-electron chi connectivity index (χ3n) is 4.26. The van der Waals surface area contributed by atoms with Gasteiger partial charge in [0.25, 0.3) is 0 Å². The molecule has 0 bridgehead atoms. The quantitative estimate of drug-likeness (QED) is 0.694. The first kappa shape index (κ1) is 12.8. The predicted molar refractivity (Wildman–Crippen MR) is 65.9 cm³/mol. The second-order valence-corrected chi connectivity index (χ2v) is 5.38. The molecule has 0 heterocycles. The van der Waals surface area contributed by atoms with Crippen LogP contribution in [0.15, 0.2) is 11.1 Å². The van der Waals surface area contributed by atoms with Crippen LogP contribution in [0.5, 0.6) is 0 Å². The minimum Gasteiger partial charge on any atom is -0.393 e. The Morgan fingerprint density at radius 1 is 1.33 bits per heavy atom. The highest BCUT2D eigenvalue weighted by molar-refractivity contribution is 5.17.